The predicted octanol–water partition coefficient (Wildman–Crippen LogP) is 10.1. The van der Waals surface area contributed by atoms with Gasteiger partial charge in [-0.1, -0.05) is 152 Å². The van der Waals surface area contributed by atoms with Gasteiger partial charge in [0.1, 0.15) is 0 Å². The summed E-state index contributed by atoms with van der Waals surface area (Å²) in [6.45, 7) is 4.16. The molecule has 0 saturated heterocycles. The van der Waals surface area contributed by atoms with Gasteiger partial charge in [-0.25, -0.2) is 0 Å². The van der Waals surface area contributed by atoms with E-state index in [1.165, 1.54) is 83.5 Å². The molecule has 2 atom stereocenters. The van der Waals surface area contributed by atoms with E-state index in [2.05, 4.69) is 55.6 Å². The lowest BCUT2D eigenvalue weighted by Gasteiger charge is -2.19. The molecule has 0 bridgehead atoms. The molecule has 0 aromatic heterocycles. The van der Waals surface area contributed by atoms with Gasteiger partial charge in [0, 0.05) is 6.42 Å². The second-order valence-electron chi connectivity index (χ2n) is 11.6. The molecule has 0 aliphatic carbocycles. The van der Waals surface area contributed by atoms with E-state index in [1.807, 2.05) is 6.08 Å². The zero-order valence-corrected chi connectivity index (χ0v) is 27.0. The molecule has 0 radical (unpaired) electrons. The fourth-order valence-electron chi connectivity index (χ4n) is 4.90. The monoisotopic (exact) mass is 574 g/mol. The van der Waals surface area contributed by atoms with Crippen molar-refractivity contribution in [3.05, 3.63) is 48.6 Å². The molecule has 238 valence electrons. The first kappa shape index (κ1) is 39.4. The van der Waals surface area contributed by atoms with Crippen LogP contribution >= 0.6 is 0 Å². The number of carbonyl (C=O) groups is 1. The quantitative estimate of drug-likeness (QED) is 0.0591. The molecular formula is C37H67NO3. The highest BCUT2D eigenvalue weighted by molar-refractivity contribution is 5.76. The first-order chi connectivity index (χ1) is 20.2. The number of aliphatic hydroxyl groups excluding tert-OH is 2. The molecule has 2 unspecified atom stereocenters. The van der Waals surface area contributed by atoms with Crippen LogP contribution in [0.15, 0.2) is 48.6 Å². The Bertz CT molecular complexity index is 667. The molecule has 0 fully saturated rings. The van der Waals surface area contributed by atoms with E-state index in [0.717, 1.165) is 57.8 Å². The highest BCUT2D eigenvalue weighted by Crippen LogP contribution is 2.13. The molecule has 0 spiro atoms. The minimum absolute atomic E-state index is 0.0960. The Morgan fingerprint density at radius 1 is 0.610 bits per heavy atom. The fourth-order valence-corrected chi connectivity index (χ4v) is 4.90. The maximum atomic E-state index is 12.3. The Balaban J connectivity index is 3.70. The number of rotatable bonds is 30. The van der Waals surface area contributed by atoms with E-state index in [-0.39, 0.29) is 12.5 Å². The van der Waals surface area contributed by atoms with Crippen LogP contribution in [0.3, 0.4) is 0 Å². The van der Waals surface area contributed by atoms with E-state index >= 15 is 0 Å². The summed E-state index contributed by atoms with van der Waals surface area (Å²) in [4.78, 5) is 12.3. The largest absolute Gasteiger partial charge is 0.394 e. The Morgan fingerprint density at radius 2 is 1.07 bits per heavy atom. The topological polar surface area (TPSA) is 69.6 Å². The molecule has 3 N–H and O–H groups in total. The summed E-state index contributed by atoms with van der Waals surface area (Å²) in [6.07, 6.45) is 43.3. The van der Waals surface area contributed by atoms with E-state index in [1.54, 1.807) is 6.08 Å². The number of allylic oxidation sites excluding steroid dienone is 7. The van der Waals surface area contributed by atoms with Gasteiger partial charge in [-0.3, -0.25) is 4.79 Å². The third-order valence-corrected chi connectivity index (χ3v) is 7.57. The average Bonchev–Trinajstić information content (AvgIpc) is 2.97. The van der Waals surface area contributed by atoms with Crippen molar-refractivity contribution in [3.63, 3.8) is 0 Å². The van der Waals surface area contributed by atoms with Crippen molar-refractivity contribution >= 4 is 5.91 Å². The van der Waals surface area contributed by atoms with Gasteiger partial charge in [-0.2, -0.15) is 0 Å². The van der Waals surface area contributed by atoms with Gasteiger partial charge in [0.15, 0.2) is 0 Å². The van der Waals surface area contributed by atoms with Crippen molar-refractivity contribution in [3.8, 4) is 0 Å². The van der Waals surface area contributed by atoms with Gasteiger partial charge in [0.2, 0.25) is 5.91 Å². The summed E-state index contributed by atoms with van der Waals surface area (Å²) in [5, 5.41) is 22.8. The fraction of sp³-hybridized carbons (Fsp3) is 0.757. The summed E-state index contributed by atoms with van der Waals surface area (Å²) >= 11 is 0. The van der Waals surface area contributed by atoms with Crippen molar-refractivity contribution in [1.82, 2.24) is 5.32 Å². The molecule has 4 nitrogen and oxygen atoms in total. The van der Waals surface area contributed by atoms with E-state index in [4.69, 9.17) is 0 Å². The zero-order valence-electron chi connectivity index (χ0n) is 27.0. The first-order valence-corrected chi connectivity index (χ1v) is 17.4. The summed E-state index contributed by atoms with van der Waals surface area (Å²) in [5.74, 6) is -0.0960. The lowest BCUT2D eigenvalue weighted by molar-refractivity contribution is -0.123. The second kappa shape index (κ2) is 32.9. The Labute approximate surface area is 254 Å². The van der Waals surface area contributed by atoms with Crippen LogP contribution in [0.5, 0.6) is 0 Å². The third-order valence-electron chi connectivity index (χ3n) is 7.57. The molecule has 4 heteroatoms. The van der Waals surface area contributed by atoms with Crippen molar-refractivity contribution in [2.24, 2.45) is 0 Å². The second-order valence-corrected chi connectivity index (χ2v) is 11.6. The summed E-state index contributed by atoms with van der Waals surface area (Å²) in [7, 11) is 0. The summed E-state index contributed by atoms with van der Waals surface area (Å²) in [5.41, 5.74) is 0. The van der Waals surface area contributed by atoms with Crippen molar-refractivity contribution in [1.29, 1.82) is 0 Å². The van der Waals surface area contributed by atoms with Gasteiger partial charge in [-0.05, 0) is 51.4 Å². The number of aliphatic hydroxyl groups is 2. The van der Waals surface area contributed by atoms with Crippen LogP contribution in [0, 0.1) is 0 Å². The Hall–Kier alpha value is -1.65. The lowest BCUT2D eigenvalue weighted by atomic mass is 10.0. The Kier molecular flexibility index (Phi) is 31.5. The van der Waals surface area contributed by atoms with Gasteiger partial charge in [0.05, 0.1) is 18.8 Å². The normalized spacial score (nSPS) is 13.8. The van der Waals surface area contributed by atoms with Crippen molar-refractivity contribution in [2.45, 2.75) is 174 Å². The average molecular weight is 574 g/mol. The molecule has 0 aromatic rings. The smallest absolute Gasteiger partial charge is 0.220 e. The number of carbonyl (C=O) groups excluding carboxylic acids is 1. The highest BCUT2D eigenvalue weighted by Gasteiger charge is 2.17. The molecule has 0 saturated carbocycles. The van der Waals surface area contributed by atoms with Crippen LogP contribution in [0.25, 0.3) is 0 Å². The van der Waals surface area contributed by atoms with E-state index in [9.17, 15) is 15.0 Å². The van der Waals surface area contributed by atoms with Crippen LogP contribution in [-0.4, -0.2) is 34.9 Å². The van der Waals surface area contributed by atoms with Gasteiger partial charge in [-0.15, -0.1) is 0 Å². The molecule has 0 aliphatic rings. The Morgan fingerprint density at radius 3 is 1.61 bits per heavy atom. The maximum Gasteiger partial charge on any atom is 0.220 e. The molecule has 1 amide bonds. The van der Waals surface area contributed by atoms with Crippen LogP contribution in [0.1, 0.15) is 162 Å². The maximum absolute atomic E-state index is 12.3. The van der Waals surface area contributed by atoms with Gasteiger partial charge in [0.25, 0.3) is 0 Å². The lowest BCUT2D eigenvalue weighted by Crippen LogP contribution is -2.45. The van der Waals surface area contributed by atoms with Crippen LogP contribution < -0.4 is 5.32 Å². The van der Waals surface area contributed by atoms with E-state index in [0.29, 0.717) is 6.42 Å². The van der Waals surface area contributed by atoms with Crippen molar-refractivity contribution in [2.75, 3.05) is 6.61 Å². The van der Waals surface area contributed by atoms with E-state index < -0.39 is 12.1 Å². The van der Waals surface area contributed by atoms with Gasteiger partial charge >= 0.3 is 0 Å². The number of unbranched alkanes of at least 4 members (excludes halogenated alkanes) is 17. The zero-order chi connectivity index (χ0) is 30.1. The first-order valence-electron chi connectivity index (χ1n) is 17.4. The number of nitrogens with one attached hydrogen (secondary N) is 1. The standard InChI is InChI=1S/C37H67NO3/c1-3-5-7-9-11-13-15-17-18-19-21-22-24-26-28-30-32-36(40)35(34-39)38-37(41)33-31-29-27-25-23-20-16-14-12-10-8-6-4-2/h6,8,12,14,20,23,30,32,35-36,39-40H,3-5,7,9-11,13,15-19,21-22,24-29,31,33-34H2,1-2H3,(H,38,41)/b8-6-,14-12-,23-20-,32-30+. The molecule has 0 rings (SSSR count). The predicted molar refractivity (Wildman–Crippen MR) is 179 cm³/mol. The molecule has 0 heterocycles. The highest BCUT2D eigenvalue weighted by atomic mass is 16.3. The number of amides is 1. The molecule has 0 aliphatic heterocycles. The van der Waals surface area contributed by atoms with Crippen LogP contribution in [0.4, 0.5) is 0 Å². The molecule has 0 aromatic carbocycles. The molecular weight excluding hydrogens is 506 g/mol. The SMILES string of the molecule is CC/C=C\C/C=C\C/C=C\CCCCCC(=O)NC(CO)C(O)/C=C/CCCCCCCCCCCCCCCC. The number of hydrogen-bond donors (Lipinski definition) is 3. The van der Waals surface area contributed by atoms with Crippen LogP contribution in [-0.2, 0) is 4.79 Å². The van der Waals surface area contributed by atoms with Crippen LogP contribution in [0.2, 0.25) is 0 Å². The summed E-state index contributed by atoms with van der Waals surface area (Å²) < 4.78 is 0. The van der Waals surface area contributed by atoms with Gasteiger partial charge < -0.3 is 15.5 Å². The minimum atomic E-state index is -0.850. The third kappa shape index (κ3) is 29.6. The summed E-state index contributed by atoms with van der Waals surface area (Å²) in [6, 6.07) is -0.636. The van der Waals surface area contributed by atoms with Crippen molar-refractivity contribution < 1.29 is 15.0 Å². The number of hydrogen-bond acceptors (Lipinski definition) is 3. The molecule has 41 heavy (non-hydrogen) atoms. The minimum Gasteiger partial charge on any atom is -0.394 e.